The first-order valence-corrected chi connectivity index (χ1v) is 12.2. The molecule has 3 aromatic rings. The molecule has 0 aliphatic heterocycles. The van der Waals surface area contributed by atoms with E-state index in [0.717, 1.165) is 36.6 Å². The highest BCUT2D eigenvalue weighted by Crippen LogP contribution is 2.18. The van der Waals surface area contributed by atoms with Crippen molar-refractivity contribution >= 4 is 34.2 Å². The van der Waals surface area contributed by atoms with E-state index in [4.69, 9.17) is 11.6 Å². The second-order valence-electron chi connectivity index (χ2n) is 8.72. The number of benzene rings is 3. The van der Waals surface area contributed by atoms with Crippen LogP contribution < -0.4 is 10.6 Å². The Morgan fingerprint density at radius 2 is 1.74 bits per heavy atom. The highest BCUT2D eigenvalue weighted by molar-refractivity contribution is 6.30. The molecule has 1 aliphatic rings. The predicted octanol–water partition coefficient (Wildman–Crippen LogP) is 6.15. The SMILES string of the molecule is O=C(N[C@@H](Cc1ccc(Cl)cc1)C(=O)NCCCC1=CCCC=C1)c1ccc2cc(F)ccc2c1. The van der Waals surface area contributed by atoms with Crippen LogP contribution in [0.3, 0.4) is 0 Å². The van der Waals surface area contributed by atoms with Gasteiger partial charge < -0.3 is 10.6 Å². The fourth-order valence-electron chi connectivity index (χ4n) is 4.15. The zero-order valence-electron chi connectivity index (χ0n) is 19.4. The predicted molar refractivity (Wildman–Crippen MR) is 139 cm³/mol. The number of carbonyl (C=O) groups is 2. The van der Waals surface area contributed by atoms with Crippen LogP contribution in [-0.2, 0) is 11.2 Å². The molecule has 0 fully saturated rings. The van der Waals surface area contributed by atoms with E-state index in [9.17, 15) is 14.0 Å². The van der Waals surface area contributed by atoms with E-state index in [-0.39, 0.29) is 17.6 Å². The summed E-state index contributed by atoms with van der Waals surface area (Å²) in [5.41, 5.74) is 2.60. The van der Waals surface area contributed by atoms with Crippen LogP contribution in [0.1, 0.15) is 41.6 Å². The summed E-state index contributed by atoms with van der Waals surface area (Å²) < 4.78 is 13.5. The van der Waals surface area contributed by atoms with E-state index in [2.05, 4.69) is 28.9 Å². The van der Waals surface area contributed by atoms with Crippen molar-refractivity contribution in [3.8, 4) is 0 Å². The Hall–Kier alpha value is -3.44. The van der Waals surface area contributed by atoms with Crippen LogP contribution in [-0.4, -0.2) is 24.4 Å². The van der Waals surface area contributed by atoms with E-state index < -0.39 is 6.04 Å². The van der Waals surface area contributed by atoms with E-state index in [1.165, 1.54) is 17.7 Å². The lowest BCUT2D eigenvalue weighted by Crippen LogP contribution is -2.48. The van der Waals surface area contributed by atoms with Gasteiger partial charge in [-0.2, -0.15) is 0 Å². The van der Waals surface area contributed by atoms with Crippen molar-refractivity contribution in [1.82, 2.24) is 10.6 Å². The minimum absolute atomic E-state index is 0.232. The summed E-state index contributed by atoms with van der Waals surface area (Å²) in [6, 6.07) is 15.9. The largest absolute Gasteiger partial charge is 0.354 e. The van der Waals surface area contributed by atoms with E-state index >= 15 is 0 Å². The average Bonchev–Trinajstić information content (AvgIpc) is 2.87. The van der Waals surface area contributed by atoms with Crippen molar-refractivity contribution in [2.45, 2.75) is 38.1 Å². The summed E-state index contributed by atoms with van der Waals surface area (Å²) in [6.07, 6.45) is 10.8. The van der Waals surface area contributed by atoms with Gasteiger partial charge in [-0.05, 0) is 78.4 Å². The molecule has 0 spiro atoms. The summed E-state index contributed by atoms with van der Waals surface area (Å²) in [5, 5.41) is 7.93. The molecular weight excluding hydrogens is 463 g/mol. The third kappa shape index (κ3) is 7.03. The van der Waals surface area contributed by atoms with Gasteiger partial charge in [0.15, 0.2) is 0 Å². The summed E-state index contributed by atoms with van der Waals surface area (Å²) in [6.45, 7) is 0.526. The molecule has 4 nitrogen and oxygen atoms in total. The molecule has 0 radical (unpaired) electrons. The summed E-state index contributed by atoms with van der Waals surface area (Å²) >= 11 is 6.00. The molecule has 0 saturated heterocycles. The van der Waals surface area contributed by atoms with E-state index in [1.54, 1.807) is 36.4 Å². The molecule has 180 valence electrons. The molecule has 4 rings (SSSR count). The number of amides is 2. The normalized spacial score (nSPS) is 13.8. The van der Waals surface area contributed by atoms with Gasteiger partial charge in [0, 0.05) is 23.6 Å². The Labute approximate surface area is 209 Å². The number of nitrogens with one attached hydrogen (secondary N) is 2. The van der Waals surface area contributed by atoms with Crippen molar-refractivity contribution in [2.24, 2.45) is 0 Å². The molecule has 0 saturated carbocycles. The van der Waals surface area contributed by atoms with Gasteiger partial charge in [0.2, 0.25) is 5.91 Å². The molecule has 1 atom stereocenters. The Bertz CT molecular complexity index is 1270. The lowest BCUT2D eigenvalue weighted by molar-refractivity contribution is -0.122. The molecule has 0 unspecified atom stereocenters. The second kappa shape index (κ2) is 11.8. The second-order valence-corrected chi connectivity index (χ2v) is 9.15. The van der Waals surface area contributed by atoms with Crippen LogP contribution in [0.15, 0.2) is 84.5 Å². The van der Waals surface area contributed by atoms with Gasteiger partial charge >= 0.3 is 0 Å². The van der Waals surface area contributed by atoms with E-state index in [0.29, 0.717) is 28.9 Å². The third-order valence-corrected chi connectivity index (χ3v) is 6.30. The number of allylic oxidation sites excluding steroid dienone is 4. The van der Waals surface area contributed by atoms with Crippen LogP contribution in [0.4, 0.5) is 4.39 Å². The lowest BCUT2D eigenvalue weighted by Gasteiger charge is -2.19. The van der Waals surface area contributed by atoms with Crippen LogP contribution in [0, 0.1) is 5.82 Å². The quantitative estimate of drug-likeness (QED) is 0.354. The van der Waals surface area contributed by atoms with E-state index in [1.807, 2.05) is 12.1 Å². The fraction of sp³-hybridized carbons (Fsp3) is 0.241. The maximum absolute atomic E-state index is 13.5. The number of carbonyl (C=O) groups excluding carboxylic acids is 2. The van der Waals surface area contributed by atoms with Gasteiger partial charge in [0.05, 0.1) is 0 Å². The maximum atomic E-state index is 13.5. The Morgan fingerprint density at radius 1 is 0.971 bits per heavy atom. The fourth-order valence-corrected chi connectivity index (χ4v) is 4.27. The first-order valence-electron chi connectivity index (χ1n) is 11.9. The number of fused-ring (bicyclic) bond motifs is 1. The summed E-state index contributed by atoms with van der Waals surface area (Å²) in [5.74, 6) is -0.919. The van der Waals surface area contributed by atoms with Crippen molar-refractivity contribution in [1.29, 1.82) is 0 Å². The minimum atomic E-state index is -0.749. The molecule has 6 heteroatoms. The molecular formula is C29H28ClFN2O2. The van der Waals surface area contributed by atoms with Crippen molar-refractivity contribution in [2.75, 3.05) is 6.54 Å². The first-order chi connectivity index (χ1) is 17.0. The van der Waals surface area contributed by atoms with Gasteiger partial charge in [-0.25, -0.2) is 4.39 Å². The number of hydrogen-bond acceptors (Lipinski definition) is 2. The van der Waals surface area contributed by atoms with Gasteiger partial charge in [0.25, 0.3) is 5.91 Å². The third-order valence-electron chi connectivity index (χ3n) is 6.05. The van der Waals surface area contributed by atoms with Crippen molar-refractivity contribution < 1.29 is 14.0 Å². The number of hydrogen-bond donors (Lipinski definition) is 2. The molecule has 0 aromatic heterocycles. The molecule has 3 aromatic carbocycles. The van der Waals surface area contributed by atoms with Crippen LogP contribution in [0.5, 0.6) is 0 Å². The number of rotatable bonds is 9. The Kier molecular flexibility index (Phi) is 8.32. The highest BCUT2D eigenvalue weighted by atomic mass is 35.5. The topological polar surface area (TPSA) is 58.2 Å². The first kappa shape index (κ1) is 24.7. The van der Waals surface area contributed by atoms with Crippen LogP contribution in [0.25, 0.3) is 10.8 Å². The molecule has 35 heavy (non-hydrogen) atoms. The molecule has 1 aliphatic carbocycles. The monoisotopic (exact) mass is 490 g/mol. The maximum Gasteiger partial charge on any atom is 0.251 e. The van der Waals surface area contributed by atoms with Gasteiger partial charge in [-0.1, -0.05) is 59.7 Å². The zero-order chi connectivity index (χ0) is 24.6. The minimum Gasteiger partial charge on any atom is -0.354 e. The molecule has 0 heterocycles. The van der Waals surface area contributed by atoms with Gasteiger partial charge in [-0.3, -0.25) is 9.59 Å². The summed E-state index contributed by atoms with van der Waals surface area (Å²) in [7, 11) is 0. The van der Waals surface area contributed by atoms with Gasteiger partial charge in [0.1, 0.15) is 11.9 Å². The highest BCUT2D eigenvalue weighted by Gasteiger charge is 2.22. The smallest absolute Gasteiger partial charge is 0.251 e. The Morgan fingerprint density at radius 3 is 2.51 bits per heavy atom. The van der Waals surface area contributed by atoms with Gasteiger partial charge in [-0.15, -0.1) is 0 Å². The molecule has 0 bridgehead atoms. The standard InChI is InChI=1S/C29H28ClFN2O2/c30-25-13-8-21(9-14-25)17-27(29(35)32-16-4-7-20-5-2-1-3-6-20)33-28(34)24-11-10-23-19-26(31)15-12-22(23)18-24/h2,5-6,8-15,18-19,27H,1,3-4,7,16-17H2,(H,32,35)(H,33,34)/t27-/m0/s1. The van der Waals surface area contributed by atoms with Crippen LogP contribution in [0.2, 0.25) is 5.02 Å². The summed E-state index contributed by atoms with van der Waals surface area (Å²) in [4.78, 5) is 26.1. The van der Waals surface area contributed by atoms with Crippen LogP contribution >= 0.6 is 11.6 Å². The van der Waals surface area contributed by atoms with Crippen molar-refractivity contribution in [3.05, 3.63) is 106 Å². The average molecular weight is 491 g/mol. The zero-order valence-corrected chi connectivity index (χ0v) is 20.2. The molecule has 2 N–H and O–H groups in total. The molecule has 2 amide bonds. The van der Waals surface area contributed by atoms with Crippen molar-refractivity contribution in [3.63, 3.8) is 0 Å². The Balaban J connectivity index is 1.43. The number of halogens is 2. The lowest BCUT2D eigenvalue weighted by atomic mass is 10.0.